The van der Waals surface area contributed by atoms with Gasteiger partial charge in [-0.25, -0.2) is 9.18 Å². The number of fused-ring (bicyclic) bond motifs is 1. The van der Waals surface area contributed by atoms with Gasteiger partial charge in [-0.2, -0.15) is 0 Å². The van der Waals surface area contributed by atoms with E-state index in [-0.39, 0.29) is 12.0 Å². The summed E-state index contributed by atoms with van der Waals surface area (Å²) in [6, 6.07) is 12.5. The van der Waals surface area contributed by atoms with Crippen LogP contribution >= 0.6 is 0 Å². The minimum absolute atomic E-state index is 0.138. The van der Waals surface area contributed by atoms with Gasteiger partial charge in [-0.05, 0) is 23.8 Å². The number of carbonyl (C=O) groups excluding carboxylic acids is 1. The van der Waals surface area contributed by atoms with E-state index in [0.717, 1.165) is 22.5 Å². The first-order valence-electron chi connectivity index (χ1n) is 8.05. The SMILES string of the molecule is O=C(/C=C/c1ccccc1F)N[C@H](Cc1c[nH]c2ccccc12)C(=O)O. The smallest absolute Gasteiger partial charge is 0.326 e. The number of carbonyl (C=O) groups is 2. The molecule has 1 aromatic heterocycles. The average Bonchev–Trinajstić information content (AvgIpc) is 3.03. The zero-order valence-corrected chi connectivity index (χ0v) is 13.8. The van der Waals surface area contributed by atoms with Gasteiger partial charge in [-0.15, -0.1) is 0 Å². The van der Waals surface area contributed by atoms with E-state index in [2.05, 4.69) is 10.3 Å². The summed E-state index contributed by atoms with van der Waals surface area (Å²) < 4.78 is 13.6. The number of halogens is 1. The van der Waals surface area contributed by atoms with Gasteiger partial charge in [0.25, 0.3) is 0 Å². The fourth-order valence-corrected chi connectivity index (χ4v) is 2.72. The summed E-state index contributed by atoms with van der Waals surface area (Å²) in [6.07, 6.45) is 4.32. The molecule has 0 spiro atoms. The van der Waals surface area contributed by atoms with Crippen LogP contribution in [0.15, 0.2) is 60.8 Å². The molecule has 5 nitrogen and oxygen atoms in total. The first kappa shape index (κ1) is 17.4. The quantitative estimate of drug-likeness (QED) is 0.596. The molecule has 0 aliphatic carbocycles. The zero-order valence-electron chi connectivity index (χ0n) is 13.8. The number of amides is 1. The number of benzene rings is 2. The number of para-hydroxylation sites is 1. The Morgan fingerprint density at radius 2 is 1.88 bits per heavy atom. The Balaban J connectivity index is 1.71. The molecule has 0 aliphatic heterocycles. The Labute approximate surface area is 149 Å². The van der Waals surface area contributed by atoms with E-state index in [4.69, 9.17) is 0 Å². The monoisotopic (exact) mass is 352 g/mol. The summed E-state index contributed by atoms with van der Waals surface area (Å²) in [5, 5.41) is 12.8. The van der Waals surface area contributed by atoms with Crippen molar-refractivity contribution < 1.29 is 19.1 Å². The first-order valence-corrected chi connectivity index (χ1v) is 8.05. The second kappa shape index (κ2) is 7.65. The van der Waals surface area contributed by atoms with Crippen molar-refractivity contribution >= 4 is 28.9 Å². The molecule has 1 atom stereocenters. The van der Waals surface area contributed by atoms with Gasteiger partial charge in [-0.1, -0.05) is 36.4 Å². The summed E-state index contributed by atoms with van der Waals surface area (Å²) in [5.41, 5.74) is 1.95. The van der Waals surface area contributed by atoms with Gasteiger partial charge in [0.15, 0.2) is 0 Å². The molecule has 1 heterocycles. The zero-order chi connectivity index (χ0) is 18.5. The lowest BCUT2D eigenvalue weighted by Crippen LogP contribution is -2.41. The van der Waals surface area contributed by atoms with Crippen LogP contribution in [0, 0.1) is 5.82 Å². The number of carboxylic acid groups (broad SMARTS) is 1. The molecule has 26 heavy (non-hydrogen) atoms. The van der Waals surface area contributed by atoms with E-state index in [9.17, 15) is 19.1 Å². The number of aromatic amines is 1. The fraction of sp³-hybridized carbons (Fsp3) is 0.100. The Hall–Kier alpha value is -3.41. The Kier molecular flexibility index (Phi) is 5.12. The normalized spacial score (nSPS) is 12.3. The molecule has 0 bridgehead atoms. The van der Waals surface area contributed by atoms with Crippen molar-refractivity contribution in [2.24, 2.45) is 0 Å². The van der Waals surface area contributed by atoms with Gasteiger partial charge in [0.1, 0.15) is 11.9 Å². The maximum Gasteiger partial charge on any atom is 0.326 e. The third-order valence-corrected chi connectivity index (χ3v) is 4.03. The molecule has 0 unspecified atom stereocenters. The molecule has 3 N–H and O–H groups in total. The van der Waals surface area contributed by atoms with Crippen LogP contribution in [0.4, 0.5) is 4.39 Å². The van der Waals surface area contributed by atoms with E-state index in [1.165, 1.54) is 18.2 Å². The van der Waals surface area contributed by atoms with Crippen LogP contribution in [-0.2, 0) is 16.0 Å². The van der Waals surface area contributed by atoms with Crippen LogP contribution in [0.2, 0.25) is 0 Å². The molecule has 2 aromatic carbocycles. The summed E-state index contributed by atoms with van der Waals surface area (Å²) >= 11 is 0. The van der Waals surface area contributed by atoms with Gasteiger partial charge in [0.2, 0.25) is 5.91 Å². The highest BCUT2D eigenvalue weighted by molar-refractivity contribution is 5.94. The Morgan fingerprint density at radius 3 is 2.65 bits per heavy atom. The Bertz CT molecular complexity index is 978. The molecule has 3 rings (SSSR count). The number of carboxylic acids is 1. The molecule has 1 amide bonds. The third-order valence-electron chi connectivity index (χ3n) is 4.03. The molecule has 0 saturated carbocycles. The maximum absolute atomic E-state index is 13.6. The van der Waals surface area contributed by atoms with E-state index >= 15 is 0 Å². The fourth-order valence-electron chi connectivity index (χ4n) is 2.72. The molecule has 0 saturated heterocycles. The predicted molar refractivity (Wildman–Crippen MR) is 97.0 cm³/mol. The number of aliphatic carboxylic acids is 1. The molecule has 0 fully saturated rings. The van der Waals surface area contributed by atoms with Crippen LogP contribution < -0.4 is 5.32 Å². The summed E-state index contributed by atoms with van der Waals surface area (Å²) in [7, 11) is 0. The largest absolute Gasteiger partial charge is 0.480 e. The molecular formula is C20H17FN2O3. The molecule has 0 aliphatic rings. The lowest BCUT2D eigenvalue weighted by atomic mass is 10.0. The molecule has 6 heteroatoms. The lowest BCUT2D eigenvalue weighted by Gasteiger charge is -2.12. The van der Waals surface area contributed by atoms with Gasteiger partial charge < -0.3 is 15.4 Å². The van der Waals surface area contributed by atoms with Crippen molar-refractivity contribution in [2.75, 3.05) is 0 Å². The van der Waals surface area contributed by atoms with Crippen LogP contribution in [0.1, 0.15) is 11.1 Å². The van der Waals surface area contributed by atoms with Crippen molar-refractivity contribution in [1.82, 2.24) is 10.3 Å². The highest BCUT2D eigenvalue weighted by atomic mass is 19.1. The van der Waals surface area contributed by atoms with Crippen LogP contribution in [0.3, 0.4) is 0 Å². The molecule has 3 aromatic rings. The van der Waals surface area contributed by atoms with Crippen molar-refractivity contribution in [3.63, 3.8) is 0 Å². The van der Waals surface area contributed by atoms with Crippen LogP contribution in [-0.4, -0.2) is 28.0 Å². The minimum Gasteiger partial charge on any atom is -0.480 e. The van der Waals surface area contributed by atoms with Gasteiger partial charge in [0.05, 0.1) is 0 Å². The van der Waals surface area contributed by atoms with Crippen molar-refractivity contribution in [3.8, 4) is 0 Å². The number of H-pyrrole nitrogens is 1. The van der Waals surface area contributed by atoms with E-state index in [1.54, 1.807) is 18.3 Å². The summed E-state index contributed by atoms with van der Waals surface area (Å²) in [6.45, 7) is 0. The summed E-state index contributed by atoms with van der Waals surface area (Å²) in [5.74, 6) is -2.19. The second-order valence-corrected chi connectivity index (χ2v) is 5.82. The highest BCUT2D eigenvalue weighted by Gasteiger charge is 2.21. The van der Waals surface area contributed by atoms with Crippen molar-refractivity contribution in [1.29, 1.82) is 0 Å². The Morgan fingerprint density at radius 1 is 1.15 bits per heavy atom. The third kappa shape index (κ3) is 3.97. The molecule has 0 radical (unpaired) electrons. The maximum atomic E-state index is 13.6. The van der Waals surface area contributed by atoms with Crippen LogP contribution in [0.25, 0.3) is 17.0 Å². The minimum atomic E-state index is -1.14. The second-order valence-electron chi connectivity index (χ2n) is 5.82. The van der Waals surface area contributed by atoms with Gasteiger partial charge in [0, 0.05) is 35.2 Å². The first-order chi connectivity index (χ1) is 12.5. The van der Waals surface area contributed by atoms with E-state index in [0.29, 0.717) is 0 Å². The number of hydrogen-bond acceptors (Lipinski definition) is 2. The standard InChI is InChI=1S/C20H17FN2O3/c21-16-7-3-1-5-13(16)9-10-19(24)23-18(20(25)26)11-14-12-22-17-8-4-2-6-15(14)17/h1-10,12,18,22H,11H2,(H,23,24)(H,25,26)/b10-9+/t18-/m1/s1. The van der Waals surface area contributed by atoms with E-state index in [1.807, 2.05) is 24.3 Å². The molecular weight excluding hydrogens is 335 g/mol. The topological polar surface area (TPSA) is 82.2 Å². The highest BCUT2D eigenvalue weighted by Crippen LogP contribution is 2.19. The van der Waals surface area contributed by atoms with Crippen molar-refractivity contribution in [2.45, 2.75) is 12.5 Å². The lowest BCUT2D eigenvalue weighted by molar-refractivity contribution is -0.141. The summed E-state index contributed by atoms with van der Waals surface area (Å²) in [4.78, 5) is 26.6. The van der Waals surface area contributed by atoms with Crippen LogP contribution in [0.5, 0.6) is 0 Å². The molecule has 132 valence electrons. The number of nitrogens with one attached hydrogen (secondary N) is 2. The van der Waals surface area contributed by atoms with E-state index < -0.39 is 23.7 Å². The average molecular weight is 352 g/mol. The number of aromatic nitrogens is 1. The number of hydrogen-bond donors (Lipinski definition) is 3. The van der Waals surface area contributed by atoms with Crippen molar-refractivity contribution in [3.05, 3.63) is 77.7 Å². The van der Waals surface area contributed by atoms with Gasteiger partial charge >= 0.3 is 5.97 Å². The predicted octanol–water partition coefficient (Wildman–Crippen LogP) is 3.13. The van der Waals surface area contributed by atoms with Gasteiger partial charge in [-0.3, -0.25) is 4.79 Å². The number of rotatable bonds is 6.